The third-order valence-corrected chi connectivity index (χ3v) is 3.26. The van der Waals surface area contributed by atoms with Crippen LogP contribution in [0.25, 0.3) is 0 Å². The van der Waals surface area contributed by atoms with Crippen molar-refractivity contribution in [1.29, 1.82) is 0 Å². The number of nitrogens with zero attached hydrogens (tertiary/aromatic N) is 1. The summed E-state index contributed by atoms with van der Waals surface area (Å²) < 4.78 is 0. The topological polar surface area (TPSA) is 52.6 Å². The lowest BCUT2D eigenvalue weighted by atomic mass is 10.2. The third kappa shape index (κ3) is 2.92. The summed E-state index contributed by atoms with van der Waals surface area (Å²) in [4.78, 5) is 13.6. The Morgan fingerprint density at radius 1 is 1.40 bits per heavy atom. The van der Waals surface area contributed by atoms with Gasteiger partial charge in [-0.05, 0) is 25.7 Å². The van der Waals surface area contributed by atoms with Crippen LogP contribution in [0, 0.1) is 0 Å². The fraction of sp³-hybridized carbons (Fsp3) is 0.909. The zero-order chi connectivity index (χ0) is 10.7. The Balaban J connectivity index is 1.68. The Kier molecular flexibility index (Phi) is 3.59. The molecule has 1 aliphatic carbocycles. The van der Waals surface area contributed by atoms with Gasteiger partial charge in [0.1, 0.15) is 0 Å². The first-order valence-corrected chi connectivity index (χ1v) is 5.95. The number of amides is 1. The highest BCUT2D eigenvalue weighted by atomic mass is 16.3. The van der Waals surface area contributed by atoms with E-state index in [1.807, 2.05) is 4.90 Å². The standard InChI is InChI=1S/C11H20N2O2/c14-8-10-2-1-7-13(10)11(15)5-6-12-9-3-4-9/h9-10,12,14H,1-8H2/t10-/m1/s1. The van der Waals surface area contributed by atoms with E-state index >= 15 is 0 Å². The molecule has 1 atom stereocenters. The summed E-state index contributed by atoms with van der Waals surface area (Å²) in [5.74, 6) is 0.194. The van der Waals surface area contributed by atoms with Crippen LogP contribution in [0.2, 0.25) is 0 Å². The maximum Gasteiger partial charge on any atom is 0.224 e. The molecule has 1 amide bonds. The molecule has 4 heteroatoms. The molecule has 0 radical (unpaired) electrons. The van der Waals surface area contributed by atoms with Crippen LogP contribution in [-0.2, 0) is 4.79 Å². The maximum absolute atomic E-state index is 11.8. The van der Waals surface area contributed by atoms with E-state index in [0.717, 1.165) is 25.9 Å². The zero-order valence-electron chi connectivity index (χ0n) is 9.11. The van der Waals surface area contributed by atoms with Gasteiger partial charge in [-0.1, -0.05) is 0 Å². The number of aliphatic hydroxyl groups excluding tert-OH is 1. The van der Waals surface area contributed by atoms with Crippen molar-refractivity contribution < 1.29 is 9.90 Å². The van der Waals surface area contributed by atoms with Gasteiger partial charge in [-0.25, -0.2) is 0 Å². The number of carbonyl (C=O) groups is 1. The molecule has 0 spiro atoms. The number of rotatable bonds is 5. The lowest BCUT2D eigenvalue weighted by Crippen LogP contribution is -2.39. The molecule has 1 saturated heterocycles. The van der Waals surface area contributed by atoms with Crippen molar-refractivity contribution in [3.05, 3.63) is 0 Å². The number of nitrogens with one attached hydrogen (secondary N) is 1. The number of hydrogen-bond donors (Lipinski definition) is 2. The summed E-state index contributed by atoms with van der Waals surface area (Å²) in [6, 6.07) is 0.753. The van der Waals surface area contributed by atoms with Crippen molar-refractivity contribution >= 4 is 5.91 Å². The van der Waals surface area contributed by atoms with Crippen LogP contribution in [-0.4, -0.2) is 47.7 Å². The van der Waals surface area contributed by atoms with Crippen molar-refractivity contribution in [2.45, 2.75) is 44.2 Å². The number of aliphatic hydroxyl groups is 1. The molecule has 4 nitrogen and oxygen atoms in total. The molecule has 0 aromatic heterocycles. The van der Waals surface area contributed by atoms with Crippen LogP contribution >= 0.6 is 0 Å². The lowest BCUT2D eigenvalue weighted by Gasteiger charge is -2.23. The van der Waals surface area contributed by atoms with Crippen molar-refractivity contribution in [2.75, 3.05) is 19.7 Å². The lowest BCUT2D eigenvalue weighted by molar-refractivity contribution is -0.132. The molecule has 1 saturated carbocycles. The van der Waals surface area contributed by atoms with Gasteiger partial charge in [-0.2, -0.15) is 0 Å². The molecule has 86 valence electrons. The van der Waals surface area contributed by atoms with Crippen molar-refractivity contribution in [3.8, 4) is 0 Å². The van der Waals surface area contributed by atoms with Crippen molar-refractivity contribution in [2.24, 2.45) is 0 Å². The van der Waals surface area contributed by atoms with Gasteiger partial charge >= 0.3 is 0 Å². The van der Waals surface area contributed by atoms with Gasteiger partial charge in [0.15, 0.2) is 0 Å². The third-order valence-electron chi connectivity index (χ3n) is 3.26. The molecular formula is C11H20N2O2. The van der Waals surface area contributed by atoms with Gasteiger partial charge in [-0.3, -0.25) is 4.79 Å². The van der Waals surface area contributed by atoms with E-state index in [2.05, 4.69) is 5.32 Å². The molecular weight excluding hydrogens is 192 g/mol. The van der Waals surface area contributed by atoms with Crippen LogP contribution in [0.15, 0.2) is 0 Å². The fourth-order valence-corrected chi connectivity index (χ4v) is 2.17. The molecule has 2 fully saturated rings. The van der Waals surface area contributed by atoms with E-state index in [1.165, 1.54) is 12.8 Å². The number of carbonyl (C=O) groups excluding carboxylic acids is 1. The molecule has 1 heterocycles. The molecule has 0 bridgehead atoms. The quantitative estimate of drug-likeness (QED) is 0.680. The zero-order valence-corrected chi connectivity index (χ0v) is 9.11. The smallest absolute Gasteiger partial charge is 0.224 e. The van der Waals surface area contributed by atoms with Crippen LogP contribution in [0.5, 0.6) is 0 Å². The summed E-state index contributed by atoms with van der Waals surface area (Å²) >= 11 is 0. The van der Waals surface area contributed by atoms with Crippen LogP contribution in [0.3, 0.4) is 0 Å². The summed E-state index contributed by atoms with van der Waals surface area (Å²) in [6.07, 6.45) is 5.09. The summed E-state index contributed by atoms with van der Waals surface area (Å²) in [5.41, 5.74) is 0. The Bertz CT molecular complexity index is 229. The molecule has 2 rings (SSSR count). The minimum absolute atomic E-state index is 0.0819. The van der Waals surface area contributed by atoms with E-state index in [1.54, 1.807) is 0 Å². The largest absolute Gasteiger partial charge is 0.394 e. The minimum atomic E-state index is 0.0819. The molecule has 2 N–H and O–H groups in total. The monoisotopic (exact) mass is 212 g/mol. The Hall–Kier alpha value is -0.610. The molecule has 2 aliphatic rings. The van der Waals surface area contributed by atoms with Gasteiger partial charge in [0.25, 0.3) is 0 Å². The summed E-state index contributed by atoms with van der Waals surface area (Å²) in [5, 5.41) is 12.4. The molecule has 0 unspecified atom stereocenters. The summed E-state index contributed by atoms with van der Waals surface area (Å²) in [6.45, 7) is 1.73. The van der Waals surface area contributed by atoms with Crippen LogP contribution < -0.4 is 5.32 Å². The van der Waals surface area contributed by atoms with Gasteiger partial charge in [0.2, 0.25) is 5.91 Å². The van der Waals surface area contributed by atoms with Gasteiger partial charge in [-0.15, -0.1) is 0 Å². The normalized spacial score (nSPS) is 25.9. The Labute approximate surface area is 90.6 Å². The van der Waals surface area contributed by atoms with Crippen molar-refractivity contribution in [1.82, 2.24) is 10.2 Å². The first-order chi connectivity index (χ1) is 7.31. The molecule has 15 heavy (non-hydrogen) atoms. The van der Waals surface area contributed by atoms with Gasteiger partial charge in [0.05, 0.1) is 12.6 Å². The first kappa shape index (κ1) is 10.9. The second-order valence-corrected chi connectivity index (χ2v) is 4.54. The average Bonchev–Trinajstić information content (AvgIpc) is 2.94. The number of hydrogen-bond acceptors (Lipinski definition) is 3. The van der Waals surface area contributed by atoms with E-state index < -0.39 is 0 Å². The van der Waals surface area contributed by atoms with E-state index in [4.69, 9.17) is 5.11 Å². The highest BCUT2D eigenvalue weighted by molar-refractivity contribution is 5.77. The predicted molar refractivity (Wildman–Crippen MR) is 57.5 cm³/mol. The maximum atomic E-state index is 11.8. The Morgan fingerprint density at radius 3 is 2.87 bits per heavy atom. The predicted octanol–water partition coefficient (Wildman–Crippen LogP) is 0.112. The van der Waals surface area contributed by atoms with Gasteiger partial charge in [0, 0.05) is 25.6 Å². The van der Waals surface area contributed by atoms with E-state index in [9.17, 15) is 4.79 Å². The molecule has 1 aliphatic heterocycles. The molecule has 0 aromatic carbocycles. The van der Waals surface area contributed by atoms with Crippen LogP contribution in [0.4, 0.5) is 0 Å². The van der Waals surface area contributed by atoms with E-state index in [-0.39, 0.29) is 18.6 Å². The summed E-state index contributed by atoms with van der Waals surface area (Å²) in [7, 11) is 0. The molecule has 0 aromatic rings. The highest BCUT2D eigenvalue weighted by Gasteiger charge is 2.28. The SMILES string of the molecule is O=C(CCNC1CC1)N1CCC[C@@H]1CO. The average molecular weight is 212 g/mol. The second-order valence-electron chi connectivity index (χ2n) is 4.54. The fourth-order valence-electron chi connectivity index (χ4n) is 2.17. The Morgan fingerprint density at radius 2 is 2.20 bits per heavy atom. The van der Waals surface area contributed by atoms with Crippen LogP contribution in [0.1, 0.15) is 32.1 Å². The first-order valence-electron chi connectivity index (χ1n) is 5.95. The minimum Gasteiger partial charge on any atom is -0.394 e. The number of likely N-dealkylation sites (tertiary alicyclic amines) is 1. The van der Waals surface area contributed by atoms with E-state index in [0.29, 0.717) is 12.5 Å². The van der Waals surface area contributed by atoms with Crippen molar-refractivity contribution in [3.63, 3.8) is 0 Å². The highest BCUT2D eigenvalue weighted by Crippen LogP contribution is 2.19. The second kappa shape index (κ2) is 4.94. The van der Waals surface area contributed by atoms with Gasteiger partial charge < -0.3 is 15.3 Å².